The van der Waals surface area contributed by atoms with Crippen LogP contribution in [0.4, 0.5) is 0 Å². The topological polar surface area (TPSA) is 140 Å². The molecule has 3 fully saturated rings. The highest BCUT2D eigenvalue weighted by molar-refractivity contribution is 5.86. The lowest BCUT2D eigenvalue weighted by atomic mass is 9.79. The Morgan fingerprint density at radius 1 is 1.02 bits per heavy atom. The lowest BCUT2D eigenvalue weighted by Gasteiger charge is -2.45. The molecule has 0 radical (unpaired) electrons. The molecule has 4 rings (SSSR count). The monoisotopic (exact) mass is 613 g/mol. The average Bonchev–Trinajstić information content (AvgIpc) is 3.83. The molecule has 1 aromatic heterocycles. The fourth-order valence-corrected chi connectivity index (χ4v) is 7.17. The quantitative estimate of drug-likeness (QED) is 0.218. The van der Waals surface area contributed by atoms with Crippen LogP contribution in [0.25, 0.3) is 0 Å². The number of rotatable bonds is 16. The van der Waals surface area contributed by atoms with Gasteiger partial charge in [-0.3, -0.25) is 19.4 Å². The summed E-state index contributed by atoms with van der Waals surface area (Å²) in [6.07, 6.45) is 9.44. The summed E-state index contributed by atoms with van der Waals surface area (Å²) < 4.78 is 0. The zero-order valence-corrected chi connectivity index (χ0v) is 26.8. The van der Waals surface area contributed by atoms with Gasteiger partial charge in [-0.1, -0.05) is 64.9 Å². The second-order valence-corrected chi connectivity index (χ2v) is 14.4. The number of amides is 2. The number of aromatic nitrogens is 1. The third-order valence-electron chi connectivity index (χ3n) is 9.98. The Balaban J connectivity index is 1.61. The smallest absolute Gasteiger partial charge is 0.226 e. The van der Waals surface area contributed by atoms with Crippen LogP contribution in [0.15, 0.2) is 24.4 Å². The fraction of sp³-hybridized carbons (Fsp3) is 0.771. The number of hydrogen-bond acceptors (Lipinski definition) is 7. The molecular formula is C35H55N3O6. The first-order valence-electron chi connectivity index (χ1n) is 17.1. The molecule has 0 aromatic carbocycles. The zero-order valence-electron chi connectivity index (χ0n) is 26.8. The number of Topliss-reactive ketones (excluding diaryl/α,β-unsaturated/α-hetero) is 1. The molecule has 0 bridgehead atoms. The Morgan fingerprint density at radius 3 is 2.32 bits per heavy atom. The van der Waals surface area contributed by atoms with Gasteiger partial charge in [0.2, 0.25) is 11.8 Å². The van der Waals surface area contributed by atoms with E-state index in [1.54, 1.807) is 11.1 Å². The molecule has 0 spiro atoms. The number of aliphatic hydroxyl groups is 3. The normalized spacial score (nSPS) is 21.8. The molecule has 4 N–H and O–H groups in total. The van der Waals surface area contributed by atoms with E-state index in [0.29, 0.717) is 31.1 Å². The molecule has 0 saturated heterocycles. The number of aliphatic hydroxyl groups excluding tert-OH is 2. The molecular weight excluding hydrogens is 558 g/mol. The minimum atomic E-state index is -1.26. The lowest BCUT2D eigenvalue weighted by Crippen LogP contribution is -2.58. The summed E-state index contributed by atoms with van der Waals surface area (Å²) in [6.45, 7) is 4.24. The number of ketones is 1. The summed E-state index contributed by atoms with van der Waals surface area (Å²) in [7, 11) is 0. The summed E-state index contributed by atoms with van der Waals surface area (Å²) in [5, 5.41) is 37.6. The van der Waals surface area contributed by atoms with Gasteiger partial charge < -0.3 is 25.5 Å². The van der Waals surface area contributed by atoms with Gasteiger partial charge in [-0.05, 0) is 62.0 Å². The molecule has 3 aliphatic rings. The van der Waals surface area contributed by atoms with Crippen molar-refractivity contribution >= 4 is 17.6 Å². The Labute approximate surface area is 263 Å². The van der Waals surface area contributed by atoms with Crippen LogP contribution in [0.5, 0.6) is 0 Å². The summed E-state index contributed by atoms with van der Waals surface area (Å²) in [6, 6.07) is 4.82. The molecule has 4 atom stereocenters. The molecule has 0 unspecified atom stereocenters. The number of nitrogens with zero attached hydrogens (tertiary/aromatic N) is 2. The Kier molecular flexibility index (Phi) is 12.8. The van der Waals surface area contributed by atoms with E-state index < -0.39 is 29.8 Å². The van der Waals surface area contributed by atoms with Crippen molar-refractivity contribution in [1.82, 2.24) is 15.2 Å². The predicted octanol–water partition coefficient (Wildman–Crippen LogP) is 4.31. The first kappa shape index (κ1) is 34.5. The molecule has 246 valence electrons. The highest BCUT2D eigenvalue weighted by Crippen LogP contribution is 2.39. The maximum absolute atomic E-state index is 14.7. The minimum absolute atomic E-state index is 0.0103. The summed E-state index contributed by atoms with van der Waals surface area (Å²) in [5.41, 5.74) is -0.529. The van der Waals surface area contributed by atoms with Crippen molar-refractivity contribution in [2.75, 3.05) is 6.54 Å². The van der Waals surface area contributed by atoms with Crippen LogP contribution in [0.1, 0.15) is 116 Å². The molecule has 3 aliphatic carbocycles. The number of carbonyl (C=O) groups excluding carboxylic acids is 3. The van der Waals surface area contributed by atoms with Gasteiger partial charge in [-0.15, -0.1) is 0 Å². The highest BCUT2D eigenvalue weighted by Gasteiger charge is 2.44. The van der Waals surface area contributed by atoms with Crippen molar-refractivity contribution < 1.29 is 29.7 Å². The van der Waals surface area contributed by atoms with Crippen molar-refractivity contribution in [3.05, 3.63) is 30.1 Å². The first-order chi connectivity index (χ1) is 21.0. The number of pyridine rings is 1. The third-order valence-corrected chi connectivity index (χ3v) is 9.98. The van der Waals surface area contributed by atoms with E-state index in [0.717, 1.165) is 44.2 Å². The molecule has 9 heteroatoms. The van der Waals surface area contributed by atoms with Gasteiger partial charge in [0.15, 0.2) is 0 Å². The molecule has 1 aromatic rings. The van der Waals surface area contributed by atoms with Gasteiger partial charge in [0.05, 0.1) is 30.0 Å². The fourth-order valence-electron chi connectivity index (χ4n) is 7.17. The molecule has 2 amide bonds. The molecule has 3 saturated carbocycles. The van der Waals surface area contributed by atoms with E-state index in [1.165, 1.54) is 6.42 Å². The second-order valence-electron chi connectivity index (χ2n) is 14.4. The summed E-state index contributed by atoms with van der Waals surface area (Å²) in [5.74, 6) is -0.155. The van der Waals surface area contributed by atoms with Gasteiger partial charge in [0, 0.05) is 37.9 Å². The van der Waals surface area contributed by atoms with Crippen molar-refractivity contribution in [3.8, 4) is 0 Å². The molecule has 9 nitrogen and oxygen atoms in total. The Hall–Kier alpha value is -2.36. The largest absolute Gasteiger partial charge is 0.390 e. The van der Waals surface area contributed by atoms with Crippen LogP contribution in [-0.2, 0) is 20.9 Å². The standard InChI is InChI=1S/C35H55N3O6/c1-24(2)18-31(40)33(42)30(20-25-8-4-3-5-9-25)38(23-35(44)15-13-29(39)14-16-35)34(43)27(19-26-11-12-26)21-32(41)37-22-28-10-6-7-17-36-28/h6-7,10,17,24-27,30-31,33,40,42,44H,3-5,8-9,11-16,18-23H2,1-2H3,(H,37,41)/t27-,30+,31+,33-/m1/s1. The van der Waals surface area contributed by atoms with Gasteiger partial charge in [0.1, 0.15) is 11.9 Å². The van der Waals surface area contributed by atoms with Gasteiger partial charge >= 0.3 is 0 Å². The van der Waals surface area contributed by atoms with E-state index in [-0.39, 0.29) is 68.7 Å². The number of hydrogen-bond donors (Lipinski definition) is 4. The van der Waals surface area contributed by atoms with Crippen LogP contribution in [-0.4, -0.2) is 73.2 Å². The van der Waals surface area contributed by atoms with Crippen LogP contribution in [0.2, 0.25) is 0 Å². The second kappa shape index (κ2) is 16.3. The number of carbonyl (C=O) groups is 3. The zero-order chi connectivity index (χ0) is 31.7. The Morgan fingerprint density at radius 2 is 1.70 bits per heavy atom. The highest BCUT2D eigenvalue weighted by atomic mass is 16.3. The van der Waals surface area contributed by atoms with E-state index in [9.17, 15) is 29.7 Å². The van der Waals surface area contributed by atoms with E-state index >= 15 is 0 Å². The SMILES string of the molecule is CC(C)C[C@H](O)[C@H](O)[C@H](CC1CCCCC1)N(CC1(O)CCC(=O)CC1)C(=O)[C@@H](CC(=O)NCc1ccccn1)CC1CC1. The van der Waals surface area contributed by atoms with Crippen molar-refractivity contribution in [3.63, 3.8) is 0 Å². The van der Waals surface area contributed by atoms with Gasteiger partial charge in [0.25, 0.3) is 0 Å². The van der Waals surface area contributed by atoms with E-state index in [2.05, 4.69) is 10.3 Å². The Bertz CT molecular complexity index is 1060. The predicted molar refractivity (Wildman–Crippen MR) is 168 cm³/mol. The van der Waals surface area contributed by atoms with Gasteiger partial charge in [-0.2, -0.15) is 0 Å². The molecule has 44 heavy (non-hydrogen) atoms. The van der Waals surface area contributed by atoms with Crippen molar-refractivity contribution in [2.24, 2.45) is 23.7 Å². The van der Waals surface area contributed by atoms with Crippen LogP contribution in [0, 0.1) is 23.7 Å². The molecule has 1 heterocycles. The third kappa shape index (κ3) is 10.6. The van der Waals surface area contributed by atoms with Crippen LogP contribution in [0.3, 0.4) is 0 Å². The first-order valence-corrected chi connectivity index (χ1v) is 17.1. The van der Waals surface area contributed by atoms with E-state index in [4.69, 9.17) is 0 Å². The summed E-state index contributed by atoms with van der Waals surface area (Å²) >= 11 is 0. The summed E-state index contributed by atoms with van der Waals surface area (Å²) in [4.78, 5) is 45.9. The van der Waals surface area contributed by atoms with Crippen LogP contribution < -0.4 is 5.32 Å². The molecule has 0 aliphatic heterocycles. The lowest BCUT2D eigenvalue weighted by molar-refractivity contribution is -0.154. The van der Waals surface area contributed by atoms with Crippen molar-refractivity contribution in [1.29, 1.82) is 0 Å². The average molecular weight is 614 g/mol. The number of nitrogens with one attached hydrogen (secondary N) is 1. The van der Waals surface area contributed by atoms with Crippen LogP contribution >= 0.6 is 0 Å². The van der Waals surface area contributed by atoms with Gasteiger partial charge in [-0.25, -0.2) is 0 Å². The maximum atomic E-state index is 14.7. The van der Waals surface area contributed by atoms with Crippen molar-refractivity contribution in [2.45, 2.75) is 141 Å². The minimum Gasteiger partial charge on any atom is -0.390 e. The maximum Gasteiger partial charge on any atom is 0.226 e. The van der Waals surface area contributed by atoms with E-state index in [1.807, 2.05) is 32.0 Å².